The van der Waals surface area contributed by atoms with Crippen LogP contribution in [0.5, 0.6) is 5.75 Å². The lowest BCUT2D eigenvalue weighted by atomic mass is 9.88. The maximum atomic E-state index is 9.46. The Morgan fingerprint density at radius 3 is 2.00 bits per heavy atom. The molecule has 2 aromatic carbocycles. The van der Waals surface area contributed by atoms with Crippen molar-refractivity contribution in [1.82, 2.24) is 4.98 Å². The molecule has 1 N–H and O–H groups in total. The summed E-state index contributed by atoms with van der Waals surface area (Å²) in [6.45, 7) is 0. The molecule has 2 nitrogen and oxygen atoms in total. The Morgan fingerprint density at radius 2 is 1.35 bits per heavy atom. The van der Waals surface area contributed by atoms with Crippen molar-refractivity contribution < 1.29 is 5.11 Å². The summed E-state index contributed by atoms with van der Waals surface area (Å²) in [5, 5.41) is 9.46. The summed E-state index contributed by atoms with van der Waals surface area (Å²) in [6, 6.07) is 23.6. The quantitative estimate of drug-likeness (QED) is 0.774. The minimum absolute atomic E-state index is 0.0815. The lowest BCUT2D eigenvalue weighted by molar-refractivity contribution is 0.475. The first-order valence-electron chi connectivity index (χ1n) is 6.59. The summed E-state index contributed by atoms with van der Waals surface area (Å²) in [7, 11) is 0. The molecule has 0 bridgehead atoms. The van der Waals surface area contributed by atoms with E-state index in [1.165, 1.54) is 5.56 Å². The molecule has 0 radical (unpaired) electrons. The Morgan fingerprint density at radius 1 is 0.700 bits per heavy atom. The van der Waals surface area contributed by atoms with E-state index in [0.717, 1.165) is 11.3 Å². The number of hydrogen-bond donors (Lipinski definition) is 1. The molecule has 0 fully saturated rings. The second-order valence-corrected chi connectivity index (χ2v) is 4.69. The van der Waals surface area contributed by atoms with Crippen LogP contribution in [0.4, 0.5) is 0 Å². The third-order valence-electron chi connectivity index (χ3n) is 3.34. The topological polar surface area (TPSA) is 33.1 Å². The van der Waals surface area contributed by atoms with E-state index in [4.69, 9.17) is 0 Å². The van der Waals surface area contributed by atoms with Crippen molar-refractivity contribution in [3.63, 3.8) is 0 Å². The van der Waals surface area contributed by atoms with E-state index >= 15 is 0 Å². The molecular weight excluding hydrogens is 246 g/mol. The number of pyridine rings is 1. The van der Waals surface area contributed by atoms with Crippen molar-refractivity contribution >= 4 is 0 Å². The fraction of sp³-hybridized carbons (Fsp3) is 0.0556. The van der Waals surface area contributed by atoms with Gasteiger partial charge in [-0.1, -0.05) is 48.5 Å². The van der Waals surface area contributed by atoms with Crippen LogP contribution in [0.1, 0.15) is 22.7 Å². The maximum absolute atomic E-state index is 9.46. The van der Waals surface area contributed by atoms with Crippen LogP contribution < -0.4 is 0 Å². The first-order chi connectivity index (χ1) is 9.84. The van der Waals surface area contributed by atoms with Crippen LogP contribution in [-0.2, 0) is 0 Å². The normalized spacial score (nSPS) is 12.0. The van der Waals surface area contributed by atoms with Crippen molar-refractivity contribution in [2.45, 2.75) is 5.92 Å². The van der Waals surface area contributed by atoms with Crippen molar-refractivity contribution in [3.05, 3.63) is 95.8 Å². The summed E-state index contributed by atoms with van der Waals surface area (Å²) >= 11 is 0. The van der Waals surface area contributed by atoms with Crippen LogP contribution in [0.15, 0.2) is 79.0 Å². The number of benzene rings is 2. The fourth-order valence-electron chi connectivity index (χ4n) is 2.39. The van der Waals surface area contributed by atoms with E-state index in [-0.39, 0.29) is 11.7 Å². The van der Waals surface area contributed by atoms with Gasteiger partial charge in [0.2, 0.25) is 0 Å². The fourth-order valence-corrected chi connectivity index (χ4v) is 2.39. The van der Waals surface area contributed by atoms with Gasteiger partial charge >= 0.3 is 0 Å². The molecule has 3 aromatic rings. The third-order valence-corrected chi connectivity index (χ3v) is 3.34. The average molecular weight is 261 g/mol. The van der Waals surface area contributed by atoms with Gasteiger partial charge in [-0.25, -0.2) is 0 Å². The summed E-state index contributed by atoms with van der Waals surface area (Å²) < 4.78 is 0. The van der Waals surface area contributed by atoms with Crippen LogP contribution in [0.25, 0.3) is 0 Å². The molecule has 0 aliphatic rings. The Bertz CT molecular complexity index is 623. The molecule has 98 valence electrons. The number of hydrogen-bond acceptors (Lipinski definition) is 2. The highest BCUT2D eigenvalue weighted by atomic mass is 16.3. The largest absolute Gasteiger partial charge is 0.508 e. The number of phenolic OH excluding ortho intramolecular Hbond substituents is 1. The minimum Gasteiger partial charge on any atom is -0.508 e. The average Bonchev–Trinajstić information content (AvgIpc) is 2.52. The molecule has 0 aliphatic carbocycles. The Kier molecular flexibility index (Phi) is 3.46. The first kappa shape index (κ1) is 12.4. The Hall–Kier alpha value is -2.61. The third kappa shape index (κ3) is 2.54. The van der Waals surface area contributed by atoms with Crippen molar-refractivity contribution in [1.29, 1.82) is 0 Å². The molecule has 20 heavy (non-hydrogen) atoms. The summed E-state index contributed by atoms with van der Waals surface area (Å²) in [5.41, 5.74) is 3.31. The first-order valence-corrected chi connectivity index (χ1v) is 6.59. The number of nitrogens with zero attached hydrogens (tertiary/aromatic N) is 1. The van der Waals surface area contributed by atoms with E-state index in [1.54, 1.807) is 12.1 Å². The second-order valence-electron chi connectivity index (χ2n) is 4.69. The second kappa shape index (κ2) is 5.57. The van der Waals surface area contributed by atoms with Crippen LogP contribution in [0, 0.1) is 0 Å². The summed E-state index contributed by atoms with van der Waals surface area (Å²) in [4.78, 5) is 4.49. The predicted octanol–water partition coefficient (Wildman–Crippen LogP) is 3.97. The highest BCUT2D eigenvalue weighted by Crippen LogP contribution is 2.31. The number of rotatable bonds is 3. The van der Waals surface area contributed by atoms with Gasteiger partial charge in [-0.05, 0) is 35.4 Å². The van der Waals surface area contributed by atoms with E-state index in [2.05, 4.69) is 17.1 Å². The van der Waals surface area contributed by atoms with Crippen molar-refractivity contribution in [2.75, 3.05) is 0 Å². The lowest BCUT2D eigenvalue weighted by Crippen LogP contribution is -2.04. The predicted molar refractivity (Wildman–Crippen MR) is 79.7 cm³/mol. The van der Waals surface area contributed by atoms with Gasteiger partial charge in [0.25, 0.3) is 0 Å². The molecule has 0 amide bonds. The molecule has 1 aromatic heterocycles. The highest BCUT2D eigenvalue weighted by Gasteiger charge is 2.17. The highest BCUT2D eigenvalue weighted by molar-refractivity contribution is 5.41. The number of aromatic hydroxyl groups is 1. The van der Waals surface area contributed by atoms with E-state index in [1.807, 2.05) is 54.7 Å². The molecule has 1 atom stereocenters. The molecule has 0 saturated heterocycles. The zero-order valence-electron chi connectivity index (χ0n) is 11.0. The minimum atomic E-state index is 0.0815. The molecular formula is C18H15NO. The Balaban J connectivity index is 2.11. The van der Waals surface area contributed by atoms with Gasteiger partial charge in [-0.3, -0.25) is 4.98 Å². The SMILES string of the molecule is Oc1ccc(C(c2ccccc2)c2ccccn2)cc1. The monoisotopic (exact) mass is 261 g/mol. The molecule has 1 heterocycles. The Labute approximate surface area is 118 Å². The standard InChI is InChI=1S/C18H15NO/c20-16-11-9-15(10-12-16)18(14-6-2-1-3-7-14)17-8-4-5-13-19-17/h1-13,18,20H. The zero-order chi connectivity index (χ0) is 13.8. The summed E-state index contributed by atoms with van der Waals surface area (Å²) in [5.74, 6) is 0.361. The summed E-state index contributed by atoms with van der Waals surface area (Å²) in [6.07, 6.45) is 1.81. The van der Waals surface area contributed by atoms with E-state index in [9.17, 15) is 5.11 Å². The van der Waals surface area contributed by atoms with Gasteiger partial charge in [0.1, 0.15) is 5.75 Å². The van der Waals surface area contributed by atoms with Gasteiger partial charge in [-0.15, -0.1) is 0 Å². The van der Waals surface area contributed by atoms with Crippen LogP contribution in [0.3, 0.4) is 0 Å². The van der Waals surface area contributed by atoms with Crippen molar-refractivity contribution in [3.8, 4) is 5.75 Å². The van der Waals surface area contributed by atoms with Crippen LogP contribution in [0.2, 0.25) is 0 Å². The van der Waals surface area contributed by atoms with Gasteiger partial charge in [0, 0.05) is 6.20 Å². The molecule has 1 unspecified atom stereocenters. The van der Waals surface area contributed by atoms with E-state index < -0.39 is 0 Å². The maximum Gasteiger partial charge on any atom is 0.115 e. The zero-order valence-corrected chi connectivity index (χ0v) is 11.0. The van der Waals surface area contributed by atoms with Gasteiger partial charge in [0.15, 0.2) is 0 Å². The molecule has 0 saturated carbocycles. The molecule has 3 rings (SSSR count). The number of aromatic nitrogens is 1. The van der Waals surface area contributed by atoms with Gasteiger partial charge in [-0.2, -0.15) is 0 Å². The number of phenols is 1. The van der Waals surface area contributed by atoms with Crippen LogP contribution in [-0.4, -0.2) is 10.1 Å². The van der Waals surface area contributed by atoms with Gasteiger partial charge < -0.3 is 5.11 Å². The lowest BCUT2D eigenvalue weighted by Gasteiger charge is -2.17. The molecule has 2 heteroatoms. The molecule has 0 spiro atoms. The van der Waals surface area contributed by atoms with Crippen LogP contribution >= 0.6 is 0 Å². The molecule has 0 aliphatic heterocycles. The van der Waals surface area contributed by atoms with E-state index in [0.29, 0.717) is 0 Å². The van der Waals surface area contributed by atoms with Gasteiger partial charge in [0.05, 0.1) is 11.6 Å². The van der Waals surface area contributed by atoms with Crippen molar-refractivity contribution in [2.24, 2.45) is 0 Å². The smallest absolute Gasteiger partial charge is 0.115 e.